The van der Waals surface area contributed by atoms with Crippen molar-refractivity contribution < 1.29 is 14.3 Å². The predicted molar refractivity (Wildman–Crippen MR) is 103 cm³/mol. The summed E-state index contributed by atoms with van der Waals surface area (Å²) >= 11 is 0. The van der Waals surface area contributed by atoms with Crippen LogP contribution in [0.15, 0.2) is 4.99 Å². The Morgan fingerprint density at radius 3 is 2.69 bits per heavy atom. The summed E-state index contributed by atoms with van der Waals surface area (Å²) in [5.74, 6) is 1.21. The number of carbonyl (C=O) groups is 1. The van der Waals surface area contributed by atoms with Crippen LogP contribution in [0.5, 0.6) is 0 Å². The summed E-state index contributed by atoms with van der Waals surface area (Å²) in [5, 5.41) is 6.67. The molecule has 26 heavy (non-hydrogen) atoms. The van der Waals surface area contributed by atoms with E-state index in [1.807, 2.05) is 0 Å². The molecular weight excluding hydrogens is 332 g/mol. The maximum atomic E-state index is 11.8. The van der Waals surface area contributed by atoms with Crippen LogP contribution in [-0.4, -0.2) is 76.4 Å². The number of likely N-dealkylation sites (N-methyl/N-ethyl adjacent to an activating group) is 1. The Balaban J connectivity index is 1.67. The molecule has 0 spiro atoms. The van der Waals surface area contributed by atoms with Gasteiger partial charge < -0.3 is 25.0 Å². The number of amides is 1. The van der Waals surface area contributed by atoms with Crippen LogP contribution in [0, 0.1) is 5.92 Å². The van der Waals surface area contributed by atoms with Crippen molar-refractivity contribution in [2.24, 2.45) is 10.9 Å². The Morgan fingerprint density at radius 2 is 2.00 bits per heavy atom. The van der Waals surface area contributed by atoms with Crippen LogP contribution in [-0.2, 0) is 14.3 Å². The van der Waals surface area contributed by atoms with Crippen LogP contribution in [0.1, 0.15) is 44.9 Å². The minimum absolute atomic E-state index is 0.00377. The van der Waals surface area contributed by atoms with Gasteiger partial charge in [0.2, 0.25) is 5.91 Å². The summed E-state index contributed by atoms with van der Waals surface area (Å²) in [7, 11) is 3.49. The van der Waals surface area contributed by atoms with E-state index in [0.29, 0.717) is 18.0 Å². The first-order chi connectivity index (χ1) is 12.6. The second kappa shape index (κ2) is 12.1. The third kappa shape index (κ3) is 8.36. The maximum Gasteiger partial charge on any atom is 0.243 e. The molecule has 2 N–H and O–H groups in total. The molecular formula is C19H36N4O3. The summed E-state index contributed by atoms with van der Waals surface area (Å²) in [4.78, 5) is 17.8. The van der Waals surface area contributed by atoms with E-state index in [0.717, 1.165) is 45.8 Å². The van der Waals surface area contributed by atoms with Crippen LogP contribution >= 0.6 is 0 Å². The normalized spacial score (nSPS) is 21.6. The Hall–Kier alpha value is -1.34. The van der Waals surface area contributed by atoms with Gasteiger partial charge in [0.1, 0.15) is 6.54 Å². The average Bonchev–Trinajstić information content (AvgIpc) is 3.17. The lowest BCUT2D eigenvalue weighted by molar-refractivity contribution is -0.127. The van der Waals surface area contributed by atoms with Crippen LogP contribution in [0.2, 0.25) is 0 Å². The first-order valence-corrected chi connectivity index (χ1v) is 10.1. The molecule has 1 saturated carbocycles. The second-order valence-corrected chi connectivity index (χ2v) is 7.47. The van der Waals surface area contributed by atoms with Gasteiger partial charge >= 0.3 is 0 Å². The highest BCUT2D eigenvalue weighted by Gasteiger charge is 2.16. The van der Waals surface area contributed by atoms with E-state index in [4.69, 9.17) is 9.47 Å². The van der Waals surface area contributed by atoms with Gasteiger partial charge in [-0.2, -0.15) is 0 Å². The topological polar surface area (TPSA) is 75.2 Å². The Kier molecular flexibility index (Phi) is 9.77. The highest BCUT2D eigenvalue weighted by molar-refractivity contribution is 5.84. The highest BCUT2D eigenvalue weighted by Crippen LogP contribution is 2.20. The molecule has 150 valence electrons. The molecule has 1 saturated heterocycles. The van der Waals surface area contributed by atoms with Gasteiger partial charge in [-0.3, -0.25) is 4.79 Å². The van der Waals surface area contributed by atoms with Crippen molar-refractivity contribution in [3.8, 4) is 0 Å². The number of hydrogen-bond donors (Lipinski definition) is 2. The third-order valence-corrected chi connectivity index (χ3v) is 4.97. The van der Waals surface area contributed by atoms with E-state index in [1.165, 1.54) is 32.1 Å². The molecule has 1 aliphatic carbocycles. The molecule has 2 rings (SSSR count). The van der Waals surface area contributed by atoms with Crippen molar-refractivity contribution in [2.75, 3.05) is 53.6 Å². The van der Waals surface area contributed by atoms with Crippen molar-refractivity contribution in [1.82, 2.24) is 15.5 Å². The van der Waals surface area contributed by atoms with Gasteiger partial charge in [-0.15, -0.1) is 0 Å². The first-order valence-electron chi connectivity index (χ1n) is 10.1. The van der Waals surface area contributed by atoms with E-state index in [2.05, 4.69) is 15.6 Å². The lowest BCUT2D eigenvalue weighted by Crippen LogP contribution is -2.41. The molecule has 1 heterocycles. The standard InChI is InChI=1S/C19H36N4O3/c1-23(2)18(24)14-22-19(21-13-16-9-12-25-15-16)20-10-6-11-26-17-7-4-3-5-8-17/h16-17H,3-15H2,1-2H3,(H2,20,21,22). The molecule has 2 aliphatic rings. The Morgan fingerprint density at radius 1 is 1.19 bits per heavy atom. The second-order valence-electron chi connectivity index (χ2n) is 7.47. The SMILES string of the molecule is CN(C)C(=O)CN=C(NCCCOC1CCCCC1)NCC1CCOC1. The number of rotatable bonds is 9. The van der Waals surface area contributed by atoms with E-state index >= 15 is 0 Å². The number of guanidine groups is 1. The lowest BCUT2D eigenvalue weighted by Gasteiger charge is -2.22. The van der Waals surface area contributed by atoms with E-state index in [1.54, 1.807) is 19.0 Å². The van der Waals surface area contributed by atoms with E-state index in [9.17, 15) is 4.79 Å². The molecule has 1 amide bonds. The highest BCUT2D eigenvalue weighted by atomic mass is 16.5. The molecule has 2 fully saturated rings. The quantitative estimate of drug-likeness (QED) is 0.365. The number of carbonyl (C=O) groups excluding carboxylic acids is 1. The molecule has 7 nitrogen and oxygen atoms in total. The van der Waals surface area contributed by atoms with Crippen molar-refractivity contribution >= 4 is 11.9 Å². The summed E-state index contributed by atoms with van der Waals surface area (Å²) < 4.78 is 11.4. The fraction of sp³-hybridized carbons (Fsp3) is 0.895. The summed E-state index contributed by atoms with van der Waals surface area (Å²) in [5.41, 5.74) is 0. The van der Waals surface area contributed by atoms with Crippen LogP contribution in [0.3, 0.4) is 0 Å². The van der Waals surface area contributed by atoms with E-state index in [-0.39, 0.29) is 12.5 Å². The summed E-state index contributed by atoms with van der Waals surface area (Å²) in [6.45, 7) is 4.17. The van der Waals surface area contributed by atoms with Gasteiger partial charge in [-0.05, 0) is 25.7 Å². The molecule has 0 aromatic rings. The number of aliphatic imine (C=N–C) groups is 1. The summed E-state index contributed by atoms with van der Waals surface area (Å²) in [6.07, 6.45) is 8.83. The van der Waals surface area contributed by atoms with Crippen molar-refractivity contribution in [3.63, 3.8) is 0 Å². The van der Waals surface area contributed by atoms with Crippen LogP contribution in [0.25, 0.3) is 0 Å². The average molecular weight is 369 g/mol. The van der Waals surface area contributed by atoms with Gasteiger partial charge in [0, 0.05) is 46.3 Å². The van der Waals surface area contributed by atoms with Crippen molar-refractivity contribution in [2.45, 2.75) is 51.0 Å². The monoisotopic (exact) mass is 368 g/mol. The minimum atomic E-state index is -0.00377. The predicted octanol–water partition coefficient (Wildman–Crippen LogP) is 1.39. The Labute approximate surface area is 157 Å². The van der Waals surface area contributed by atoms with Gasteiger partial charge in [-0.1, -0.05) is 19.3 Å². The van der Waals surface area contributed by atoms with Crippen molar-refractivity contribution in [1.29, 1.82) is 0 Å². The largest absolute Gasteiger partial charge is 0.381 e. The first kappa shape index (κ1) is 21.0. The van der Waals surface area contributed by atoms with Crippen molar-refractivity contribution in [3.05, 3.63) is 0 Å². The fourth-order valence-electron chi connectivity index (χ4n) is 3.21. The number of ether oxygens (including phenoxy) is 2. The van der Waals surface area contributed by atoms with Gasteiger partial charge in [0.15, 0.2) is 5.96 Å². The molecule has 7 heteroatoms. The molecule has 1 unspecified atom stereocenters. The number of nitrogens with one attached hydrogen (secondary N) is 2. The third-order valence-electron chi connectivity index (χ3n) is 4.97. The van der Waals surface area contributed by atoms with Crippen LogP contribution < -0.4 is 10.6 Å². The summed E-state index contributed by atoms with van der Waals surface area (Å²) in [6, 6.07) is 0. The Bertz CT molecular complexity index is 431. The molecule has 0 aromatic carbocycles. The van der Waals surface area contributed by atoms with Gasteiger partial charge in [0.05, 0.1) is 12.7 Å². The molecule has 0 bridgehead atoms. The van der Waals surface area contributed by atoms with Gasteiger partial charge in [0.25, 0.3) is 0 Å². The zero-order valence-electron chi connectivity index (χ0n) is 16.5. The number of hydrogen-bond acceptors (Lipinski definition) is 4. The zero-order chi connectivity index (χ0) is 18.6. The fourth-order valence-corrected chi connectivity index (χ4v) is 3.21. The molecule has 0 aromatic heterocycles. The molecule has 1 aliphatic heterocycles. The van der Waals surface area contributed by atoms with Crippen LogP contribution in [0.4, 0.5) is 0 Å². The smallest absolute Gasteiger partial charge is 0.243 e. The molecule has 1 atom stereocenters. The molecule has 0 radical (unpaired) electrons. The lowest BCUT2D eigenvalue weighted by atomic mass is 9.98. The number of nitrogens with zero attached hydrogens (tertiary/aromatic N) is 2. The maximum absolute atomic E-state index is 11.8. The van der Waals surface area contributed by atoms with Gasteiger partial charge in [-0.25, -0.2) is 4.99 Å². The zero-order valence-corrected chi connectivity index (χ0v) is 16.5. The minimum Gasteiger partial charge on any atom is -0.381 e. The van der Waals surface area contributed by atoms with E-state index < -0.39 is 0 Å².